The maximum Gasteiger partial charge on any atom is 0.410 e. The Morgan fingerprint density at radius 2 is 1.97 bits per heavy atom. The molecule has 1 saturated heterocycles. The number of methoxy groups -OCH3 is 1. The van der Waals surface area contributed by atoms with Gasteiger partial charge in [0.2, 0.25) is 5.91 Å². The number of carbonyl (C=O) groups is 2. The molecule has 1 aromatic carbocycles. The van der Waals surface area contributed by atoms with Gasteiger partial charge in [-0.2, -0.15) is 5.10 Å². The molecule has 2 aromatic rings. The van der Waals surface area contributed by atoms with Crippen LogP contribution in [0.25, 0.3) is 10.9 Å². The fourth-order valence-corrected chi connectivity index (χ4v) is 5.01. The summed E-state index contributed by atoms with van der Waals surface area (Å²) in [6.45, 7) is 12.2. The minimum absolute atomic E-state index is 0.0439. The number of hydrogen-bond donors (Lipinski definition) is 0. The second-order valence-corrected chi connectivity index (χ2v) is 11.0. The smallest absolute Gasteiger partial charge is 0.410 e. The molecule has 192 valence electrons. The van der Waals surface area contributed by atoms with Gasteiger partial charge in [0, 0.05) is 44.8 Å². The van der Waals surface area contributed by atoms with Gasteiger partial charge in [-0.25, -0.2) is 4.79 Å². The molecule has 0 radical (unpaired) electrons. The molecule has 2 heterocycles. The molecular formula is C27H40N4O4. The maximum absolute atomic E-state index is 13.7. The van der Waals surface area contributed by atoms with Crippen molar-refractivity contribution in [3.63, 3.8) is 0 Å². The van der Waals surface area contributed by atoms with E-state index in [1.807, 2.05) is 27.7 Å². The van der Waals surface area contributed by atoms with Gasteiger partial charge in [0.15, 0.2) is 0 Å². The van der Waals surface area contributed by atoms with Gasteiger partial charge in [0.05, 0.1) is 23.2 Å². The van der Waals surface area contributed by atoms with E-state index in [2.05, 4.69) is 34.7 Å². The Bertz CT molecular complexity index is 1070. The summed E-state index contributed by atoms with van der Waals surface area (Å²) in [7, 11) is 1.72. The van der Waals surface area contributed by atoms with Crippen molar-refractivity contribution in [1.82, 2.24) is 19.6 Å². The van der Waals surface area contributed by atoms with Gasteiger partial charge in [0.1, 0.15) is 5.60 Å². The molecule has 1 aliphatic carbocycles. The van der Waals surface area contributed by atoms with Gasteiger partial charge in [0.25, 0.3) is 0 Å². The number of amides is 2. The van der Waals surface area contributed by atoms with Crippen LogP contribution in [0.4, 0.5) is 4.79 Å². The van der Waals surface area contributed by atoms with Crippen LogP contribution < -0.4 is 0 Å². The molecule has 1 aromatic heterocycles. The van der Waals surface area contributed by atoms with Crippen molar-refractivity contribution in [2.75, 3.05) is 26.8 Å². The first kappa shape index (κ1) is 25.5. The number of aromatic nitrogens is 2. The van der Waals surface area contributed by atoms with Crippen molar-refractivity contribution in [3.05, 3.63) is 29.5 Å². The van der Waals surface area contributed by atoms with E-state index < -0.39 is 5.60 Å². The zero-order chi connectivity index (χ0) is 25.3. The summed E-state index contributed by atoms with van der Waals surface area (Å²) in [5.74, 6) is -0.0351. The largest absolute Gasteiger partial charge is 0.444 e. The fourth-order valence-electron chi connectivity index (χ4n) is 5.01. The van der Waals surface area contributed by atoms with Crippen LogP contribution >= 0.6 is 0 Å². The highest BCUT2D eigenvalue weighted by Gasteiger charge is 2.42. The maximum atomic E-state index is 13.7. The van der Waals surface area contributed by atoms with E-state index in [0.29, 0.717) is 26.1 Å². The third kappa shape index (κ3) is 5.80. The van der Waals surface area contributed by atoms with Crippen molar-refractivity contribution >= 4 is 22.9 Å². The van der Waals surface area contributed by atoms with Gasteiger partial charge in [-0.1, -0.05) is 12.1 Å². The first-order valence-corrected chi connectivity index (χ1v) is 12.8. The summed E-state index contributed by atoms with van der Waals surface area (Å²) in [5, 5.41) is 5.88. The zero-order valence-electron chi connectivity index (χ0n) is 22.0. The third-order valence-electron chi connectivity index (χ3n) is 6.96. The molecule has 4 rings (SSSR count). The molecule has 2 amide bonds. The first-order valence-electron chi connectivity index (χ1n) is 12.8. The molecular weight excluding hydrogens is 444 g/mol. The first-order chi connectivity index (χ1) is 16.6. The molecule has 2 fully saturated rings. The molecule has 0 spiro atoms. The summed E-state index contributed by atoms with van der Waals surface area (Å²) in [5.41, 5.74) is 2.69. The van der Waals surface area contributed by atoms with Crippen LogP contribution in [0.3, 0.4) is 0 Å². The number of nitrogens with zero attached hydrogens (tertiary/aromatic N) is 4. The lowest BCUT2D eigenvalue weighted by molar-refractivity contribution is -0.138. The molecule has 8 heteroatoms. The van der Waals surface area contributed by atoms with Gasteiger partial charge in [-0.15, -0.1) is 0 Å². The van der Waals surface area contributed by atoms with Gasteiger partial charge < -0.3 is 19.3 Å². The fraction of sp³-hybridized carbons (Fsp3) is 0.667. The second kappa shape index (κ2) is 10.2. The third-order valence-corrected chi connectivity index (χ3v) is 6.96. The topological polar surface area (TPSA) is 76.9 Å². The number of carbonyl (C=O) groups excluding carboxylic acids is 2. The van der Waals surface area contributed by atoms with Crippen LogP contribution in [0.1, 0.15) is 70.7 Å². The zero-order valence-corrected chi connectivity index (χ0v) is 22.0. The predicted octanol–water partition coefficient (Wildman–Crippen LogP) is 4.69. The second-order valence-electron chi connectivity index (χ2n) is 11.0. The SMILES string of the molecule is COCCCn1nc(C)c2ccc(C(C)N(C(=O)[C@@H]3CCN(C(=O)OC(C)(C)C)C3)C3CC3)cc21. The van der Waals surface area contributed by atoms with Gasteiger partial charge in [-0.05, 0) is 71.9 Å². The standard InChI is InChI=1S/C27H40N4O4/c1-18-23-11-8-20(16-24(23)30(28-18)13-7-15-34-6)19(2)31(22-9-10-22)25(32)21-12-14-29(17-21)26(33)35-27(3,4)5/h8,11,16,19,21-22H,7,9-10,12-15,17H2,1-6H3/t19?,21-/m1/s1. The van der Waals surface area contributed by atoms with Crippen LogP contribution in [0, 0.1) is 12.8 Å². The van der Waals surface area contributed by atoms with Gasteiger partial charge >= 0.3 is 6.09 Å². The van der Waals surface area contributed by atoms with Crippen LogP contribution in [-0.2, 0) is 20.8 Å². The minimum atomic E-state index is -0.541. The number of hydrogen-bond acceptors (Lipinski definition) is 5. The molecule has 2 aliphatic rings. The quantitative estimate of drug-likeness (QED) is 0.508. The normalized spacial score (nSPS) is 19.3. The van der Waals surface area contributed by atoms with Crippen LogP contribution in [0.2, 0.25) is 0 Å². The minimum Gasteiger partial charge on any atom is -0.444 e. The van der Waals surface area contributed by atoms with Crippen LogP contribution in [0.5, 0.6) is 0 Å². The van der Waals surface area contributed by atoms with Crippen molar-refractivity contribution in [2.24, 2.45) is 5.92 Å². The van der Waals surface area contributed by atoms with E-state index in [1.165, 1.54) is 0 Å². The van der Waals surface area contributed by atoms with E-state index in [-0.39, 0.29) is 30.0 Å². The number of aryl methyl sites for hydroxylation is 2. The Hall–Kier alpha value is -2.61. The molecule has 8 nitrogen and oxygen atoms in total. The van der Waals surface area contributed by atoms with E-state index in [9.17, 15) is 9.59 Å². The summed E-state index contributed by atoms with van der Waals surface area (Å²) >= 11 is 0. The average Bonchev–Trinajstić information content (AvgIpc) is 3.40. The van der Waals surface area contributed by atoms with Crippen molar-refractivity contribution in [2.45, 2.75) is 84.5 Å². The molecule has 1 saturated carbocycles. The predicted molar refractivity (Wildman–Crippen MR) is 135 cm³/mol. The van der Waals surface area contributed by atoms with Crippen molar-refractivity contribution in [1.29, 1.82) is 0 Å². The van der Waals surface area contributed by atoms with E-state index in [4.69, 9.17) is 14.6 Å². The Morgan fingerprint density at radius 1 is 1.23 bits per heavy atom. The van der Waals surface area contributed by atoms with Crippen molar-refractivity contribution < 1.29 is 19.1 Å². The molecule has 1 aliphatic heterocycles. The van der Waals surface area contributed by atoms with Crippen molar-refractivity contribution in [3.8, 4) is 0 Å². The van der Waals surface area contributed by atoms with Gasteiger partial charge in [-0.3, -0.25) is 9.48 Å². The summed E-state index contributed by atoms with van der Waals surface area (Å²) < 4.78 is 12.8. The summed E-state index contributed by atoms with van der Waals surface area (Å²) in [6, 6.07) is 6.68. The Morgan fingerprint density at radius 3 is 2.63 bits per heavy atom. The monoisotopic (exact) mass is 484 g/mol. The summed E-state index contributed by atoms with van der Waals surface area (Å²) in [4.78, 5) is 30.0. The lowest BCUT2D eigenvalue weighted by Gasteiger charge is -2.32. The highest BCUT2D eigenvalue weighted by Crippen LogP contribution is 2.38. The highest BCUT2D eigenvalue weighted by atomic mass is 16.6. The van der Waals surface area contributed by atoms with E-state index in [0.717, 1.165) is 48.0 Å². The van der Waals surface area contributed by atoms with Crippen LogP contribution in [-0.4, -0.2) is 70.0 Å². The Labute approximate surface area is 208 Å². The number of fused-ring (bicyclic) bond motifs is 1. The molecule has 0 N–H and O–H groups in total. The highest BCUT2D eigenvalue weighted by molar-refractivity contribution is 5.84. The number of benzene rings is 1. The molecule has 1 unspecified atom stereocenters. The Kier molecular flexibility index (Phi) is 7.40. The number of likely N-dealkylation sites (tertiary alicyclic amines) is 1. The molecule has 0 bridgehead atoms. The number of rotatable bonds is 8. The summed E-state index contributed by atoms with van der Waals surface area (Å²) in [6.07, 6.45) is 3.32. The van der Waals surface area contributed by atoms with E-state index in [1.54, 1.807) is 12.0 Å². The lowest BCUT2D eigenvalue weighted by atomic mass is 10.0. The van der Waals surface area contributed by atoms with Crippen LogP contribution in [0.15, 0.2) is 18.2 Å². The molecule has 35 heavy (non-hydrogen) atoms. The lowest BCUT2D eigenvalue weighted by Crippen LogP contribution is -2.41. The molecule has 2 atom stereocenters. The number of ether oxygens (including phenoxy) is 2. The Balaban J connectivity index is 1.51. The average molecular weight is 485 g/mol. The van der Waals surface area contributed by atoms with E-state index >= 15 is 0 Å².